The third kappa shape index (κ3) is 2.24. The Labute approximate surface area is 99.4 Å². The van der Waals surface area contributed by atoms with Gasteiger partial charge in [-0.2, -0.15) is 4.40 Å². The van der Waals surface area contributed by atoms with Crippen LogP contribution in [0.25, 0.3) is 0 Å². The van der Waals surface area contributed by atoms with Gasteiger partial charge in [-0.05, 0) is 44.7 Å². The highest BCUT2D eigenvalue weighted by Gasteiger charge is 2.23. The van der Waals surface area contributed by atoms with Crippen molar-refractivity contribution in [2.24, 2.45) is 4.40 Å². The van der Waals surface area contributed by atoms with Crippen LogP contribution in [0.3, 0.4) is 0 Å². The Morgan fingerprint density at radius 3 is 2.56 bits per heavy atom. The third-order valence-electron chi connectivity index (χ3n) is 2.68. The second-order valence-corrected chi connectivity index (χ2v) is 6.96. The first-order valence-corrected chi connectivity index (χ1v) is 6.67. The molecule has 86 valence electrons. The molecule has 0 saturated carbocycles. The van der Waals surface area contributed by atoms with Gasteiger partial charge in [0.05, 0.1) is 10.5 Å². The van der Waals surface area contributed by atoms with Gasteiger partial charge < -0.3 is 0 Å². The van der Waals surface area contributed by atoms with E-state index in [0.717, 1.165) is 18.6 Å². The van der Waals surface area contributed by atoms with Gasteiger partial charge >= 0.3 is 0 Å². The fourth-order valence-corrected chi connectivity index (χ4v) is 2.40. The van der Waals surface area contributed by atoms with Gasteiger partial charge in [0, 0.05) is 0 Å². The lowest BCUT2D eigenvalue weighted by Crippen LogP contribution is -2.20. The van der Waals surface area contributed by atoms with E-state index in [9.17, 15) is 4.21 Å². The molecule has 16 heavy (non-hydrogen) atoms. The summed E-state index contributed by atoms with van der Waals surface area (Å²) in [7, 11) is -1.15. The van der Waals surface area contributed by atoms with Crippen molar-refractivity contribution in [2.75, 3.05) is 0 Å². The number of hydrogen-bond donors (Lipinski definition) is 0. The monoisotopic (exact) mass is 235 g/mol. The maximum Gasteiger partial charge on any atom is 0.145 e. The van der Waals surface area contributed by atoms with Crippen LogP contribution in [-0.4, -0.2) is 14.7 Å². The van der Waals surface area contributed by atoms with E-state index in [1.807, 2.05) is 32.9 Å². The molecule has 0 bridgehead atoms. The van der Waals surface area contributed by atoms with Gasteiger partial charge in [-0.3, -0.25) is 0 Å². The van der Waals surface area contributed by atoms with Crippen LogP contribution < -0.4 is 0 Å². The van der Waals surface area contributed by atoms with E-state index in [1.165, 1.54) is 11.1 Å². The van der Waals surface area contributed by atoms with Crippen molar-refractivity contribution in [1.82, 2.24) is 0 Å². The molecule has 0 saturated heterocycles. The Hall–Kier alpha value is -0.960. The Morgan fingerprint density at radius 2 is 1.88 bits per heavy atom. The van der Waals surface area contributed by atoms with E-state index in [0.29, 0.717) is 0 Å². The van der Waals surface area contributed by atoms with Crippen molar-refractivity contribution in [3.63, 3.8) is 0 Å². The fourth-order valence-electron chi connectivity index (χ4n) is 1.74. The van der Waals surface area contributed by atoms with Gasteiger partial charge in [-0.1, -0.05) is 24.3 Å². The first-order chi connectivity index (χ1) is 7.48. The molecule has 3 heteroatoms. The largest absolute Gasteiger partial charge is 0.234 e. The highest BCUT2D eigenvalue weighted by Crippen LogP contribution is 2.24. The molecule has 0 aromatic heterocycles. The number of nitrogens with zero attached hydrogens (tertiary/aromatic N) is 1. The molecule has 0 spiro atoms. The van der Waals surface area contributed by atoms with Crippen molar-refractivity contribution in [3.05, 3.63) is 35.4 Å². The number of benzene rings is 1. The summed E-state index contributed by atoms with van der Waals surface area (Å²) in [5, 5.41) is 0. The van der Waals surface area contributed by atoms with Gasteiger partial charge in [-0.15, -0.1) is 0 Å². The minimum absolute atomic E-state index is 0.273. The van der Waals surface area contributed by atoms with E-state index in [-0.39, 0.29) is 4.75 Å². The summed E-state index contributed by atoms with van der Waals surface area (Å²) >= 11 is 0. The second-order valence-electron chi connectivity index (χ2n) is 5.06. The molecule has 2 rings (SSSR count). The SMILES string of the molecule is CC(C)(C)[S@@](=O)/N=C1\CCc2ccccc21. The van der Waals surface area contributed by atoms with Crippen molar-refractivity contribution >= 4 is 16.7 Å². The molecule has 1 aliphatic carbocycles. The average molecular weight is 235 g/mol. The molecule has 1 atom stereocenters. The van der Waals surface area contributed by atoms with Crippen LogP contribution >= 0.6 is 0 Å². The quantitative estimate of drug-likeness (QED) is 0.736. The van der Waals surface area contributed by atoms with E-state index < -0.39 is 11.0 Å². The Morgan fingerprint density at radius 1 is 1.19 bits per heavy atom. The summed E-state index contributed by atoms with van der Waals surface area (Å²) < 4.78 is 16.1. The molecule has 0 amide bonds. The molecule has 0 aliphatic heterocycles. The van der Waals surface area contributed by atoms with Crippen LogP contribution in [0.4, 0.5) is 0 Å². The highest BCUT2D eigenvalue weighted by molar-refractivity contribution is 7.85. The van der Waals surface area contributed by atoms with Gasteiger partial charge in [0.2, 0.25) is 0 Å². The summed E-state index contributed by atoms with van der Waals surface area (Å²) in [5.74, 6) is 0. The van der Waals surface area contributed by atoms with Crippen LogP contribution in [0.15, 0.2) is 28.7 Å². The predicted molar refractivity (Wildman–Crippen MR) is 69.2 cm³/mol. The van der Waals surface area contributed by atoms with Crippen LogP contribution in [0.5, 0.6) is 0 Å². The van der Waals surface area contributed by atoms with Crippen molar-refractivity contribution in [1.29, 1.82) is 0 Å². The normalized spacial score (nSPS) is 19.8. The second kappa shape index (κ2) is 4.13. The van der Waals surface area contributed by atoms with E-state index in [1.54, 1.807) is 0 Å². The molecule has 1 aromatic carbocycles. The minimum atomic E-state index is -1.15. The van der Waals surface area contributed by atoms with E-state index in [4.69, 9.17) is 0 Å². The van der Waals surface area contributed by atoms with Gasteiger partial charge in [0.15, 0.2) is 0 Å². The number of aryl methyl sites for hydroxylation is 1. The topological polar surface area (TPSA) is 29.4 Å². The number of fused-ring (bicyclic) bond motifs is 1. The van der Waals surface area contributed by atoms with E-state index in [2.05, 4.69) is 16.5 Å². The zero-order valence-corrected chi connectivity index (χ0v) is 10.8. The van der Waals surface area contributed by atoms with Crippen LogP contribution in [0, 0.1) is 0 Å². The molecule has 0 N–H and O–H groups in total. The number of rotatable bonds is 1. The Balaban J connectivity index is 2.32. The smallest absolute Gasteiger partial charge is 0.145 e. The third-order valence-corrected chi connectivity index (χ3v) is 4.11. The van der Waals surface area contributed by atoms with Crippen molar-refractivity contribution < 1.29 is 4.21 Å². The van der Waals surface area contributed by atoms with Crippen LogP contribution in [0.1, 0.15) is 38.3 Å². The number of hydrogen-bond acceptors (Lipinski definition) is 1. The molecule has 0 radical (unpaired) electrons. The summed E-state index contributed by atoms with van der Waals surface area (Å²) in [4.78, 5) is 0. The average Bonchev–Trinajstić information content (AvgIpc) is 2.61. The Kier molecular flexibility index (Phi) is 2.98. The molecule has 0 heterocycles. The first kappa shape index (κ1) is 11.5. The predicted octanol–water partition coefficient (Wildman–Crippen LogP) is 2.88. The first-order valence-electron chi connectivity index (χ1n) is 5.56. The molecule has 1 aliphatic rings. The molecule has 0 unspecified atom stereocenters. The minimum Gasteiger partial charge on any atom is -0.234 e. The molecule has 1 aromatic rings. The van der Waals surface area contributed by atoms with Gasteiger partial charge in [-0.25, -0.2) is 4.21 Å². The summed E-state index contributed by atoms with van der Waals surface area (Å²) in [6.45, 7) is 5.86. The maximum absolute atomic E-state index is 12.0. The molecule has 0 fully saturated rings. The lowest BCUT2D eigenvalue weighted by molar-refractivity contribution is 0.650. The van der Waals surface area contributed by atoms with Crippen molar-refractivity contribution in [3.8, 4) is 0 Å². The Bertz CT molecular complexity index is 457. The highest BCUT2D eigenvalue weighted by atomic mass is 32.2. The molecule has 2 nitrogen and oxygen atoms in total. The van der Waals surface area contributed by atoms with E-state index >= 15 is 0 Å². The molecular weight excluding hydrogens is 218 g/mol. The standard InChI is InChI=1S/C13H17NOS/c1-13(2,3)16(15)14-12-9-8-10-6-4-5-7-11(10)12/h4-7H,8-9H2,1-3H3/b14-12+/t16-/m1/s1. The van der Waals surface area contributed by atoms with Crippen LogP contribution in [0.2, 0.25) is 0 Å². The van der Waals surface area contributed by atoms with Gasteiger partial charge in [0.1, 0.15) is 11.0 Å². The van der Waals surface area contributed by atoms with Crippen molar-refractivity contribution in [2.45, 2.75) is 38.4 Å². The maximum atomic E-state index is 12.0. The van der Waals surface area contributed by atoms with Gasteiger partial charge in [0.25, 0.3) is 0 Å². The zero-order valence-electron chi connectivity index (χ0n) is 9.99. The van der Waals surface area contributed by atoms with Crippen LogP contribution in [-0.2, 0) is 17.4 Å². The summed E-state index contributed by atoms with van der Waals surface area (Å²) in [6.07, 6.45) is 1.94. The molecular formula is C13H17NOS. The summed E-state index contributed by atoms with van der Waals surface area (Å²) in [5.41, 5.74) is 3.51. The fraction of sp³-hybridized carbons (Fsp3) is 0.462. The lowest BCUT2D eigenvalue weighted by Gasteiger charge is -2.14. The summed E-state index contributed by atoms with van der Waals surface area (Å²) in [6, 6.07) is 8.25. The zero-order chi connectivity index (χ0) is 11.8. The lowest BCUT2D eigenvalue weighted by atomic mass is 10.1.